The van der Waals surface area contributed by atoms with Crippen molar-refractivity contribution in [3.8, 4) is 5.75 Å². The van der Waals surface area contributed by atoms with Gasteiger partial charge in [-0.2, -0.15) is 0 Å². The van der Waals surface area contributed by atoms with Crippen LogP contribution >= 0.6 is 15.9 Å². The summed E-state index contributed by atoms with van der Waals surface area (Å²) in [7, 11) is 1.70. The summed E-state index contributed by atoms with van der Waals surface area (Å²) >= 11 is 3.51. The number of amides is 1. The number of ether oxygens (including phenoxy) is 1. The van der Waals surface area contributed by atoms with Gasteiger partial charge in [-0.3, -0.25) is 9.69 Å². The summed E-state index contributed by atoms with van der Waals surface area (Å²) in [5.41, 5.74) is 1.18. The summed E-state index contributed by atoms with van der Waals surface area (Å²) in [6, 6.07) is 6.09. The molecule has 0 atom stereocenters. The fourth-order valence-electron chi connectivity index (χ4n) is 2.75. The van der Waals surface area contributed by atoms with E-state index >= 15 is 0 Å². The molecule has 1 aromatic rings. The average Bonchev–Trinajstić information content (AvgIpc) is 2.47. The van der Waals surface area contributed by atoms with Crippen LogP contribution in [0, 0.1) is 5.92 Å². The third kappa shape index (κ3) is 4.71. The van der Waals surface area contributed by atoms with Gasteiger partial charge in [-0.05, 0) is 24.1 Å². The monoisotopic (exact) mass is 368 g/mol. The first-order valence-electron chi connectivity index (χ1n) is 7.82. The molecule has 122 valence electrons. The predicted octanol–water partition coefficient (Wildman–Crippen LogP) is 3.15. The van der Waals surface area contributed by atoms with Crippen LogP contribution in [-0.2, 0) is 11.3 Å². The zero-order valence-corrected chi connectivity index (χ0v) is 15.2. The van der Waals surface area contributed by atoms with E-state index < -0.39 is 0 Å². The van der Waals surface area contributed by atoms with Crippen LogP contribution in [0.2, 0.25) is 0 Å². The molecule has 0 aliphatic carbocycles. The largest absolute Gasteiger partial charge is 0.496 e. The van der Waals surface area contributed by atoms with Crippen molar-refractivity contribution in [2.24, 2.45) is 5.92 Å². The molecule has 0 unspecified atom stereocenters. The Bertz CT molecular complexity index is 511. The lowest BCUT2D eigenvalue weighted by Crippen LogP contribution is -2.48. The van der Waals surface area contributed by atoms with E-state index in [0.717, 1.165) is 42.9 Å². The maximum Gasteiger partial charge on any atom is 0.222 e. The van der Waals surface area contributed by atoms with E-state index in [0.29, 0.717) is 12.3 Å². The summed E-state index contributed by atoms with van der Waals surface area (Å²) in [6.07, 6.45) is 0.652. The molecule has 1 aliphatic rings. The molecule has 0 saturated carbocycles. The number of nitrogens with zero attached hydrogens (tertiary/aromatic N) is 2. The number of methoxy groups -OCH3 is 1. The number of carbonyl (C=O) groups excluding carboxylic acids is 1. The molecule has 1 amide bonds. The highest BCUT2D eigenvalue weighted by Gasteiger charge is 2.22. The van der Waals surface area contributed by atoms with Crippen LogP contribution < -0.4 is 4.74 Å². The van der Waals surface area contributed by atoms with E-state index in [-0.39, 0.29) is 5.91 Å². The highest BCUT2D eigenvalue weighted by molar-refractivity contribution is 9.10. The normalized spacial score (nSPS) is 16.1. The fourth-order valence-corrected chi connectivity index (χ4v) is 3.15. The van der Waals surface area contributed by atoms with Crippen molar-refractivity contribution in [1.29, 1.82) is 0 Å². The molecule has 1 saturated heterocycles. The first-order chi connectivity index (χ1) is 10.5. The third-order valence-electron chi connectivity index (χ3n) is 3.94. The summed E-state index contributed by atoms with van der Waals surface area (Å²) in [4.78, 5) is 16.5. The molecular formula is C17H25BrN2O2. The van der Waals surface area contributed by atoms with Crippen LogP contribution in [0.5, 0.6) is 5.75 Å². The smallest absolute Gasteiger partial charge is 0.222 e. The first-order valence-corrected chi connectivity index (χ1v) is 8.61. The Kier molecular flexibility index (Phi) is 6.26. The van der Waals surface area contributed by atoms with Crippen molar-refractivity contribution >= 4 is 21.8 Å². The molecule has 4 nitrogen and oxygen atoms in total. The minimum Gasteiger partial charge on any atom is -0.496 e. The third-order valence-corrected chi connectivity index (χ3v) is 4.44. The summed E-state index contributed by atoms with van der Waals surface area (Å²) in [5.74, 6) is 1.63. The number of hydrogen-bond acceptors (Lipinski definition) is 3. The van der Waals surface area contributed by atoms with Crippen LogP contribution in [0.1, 0.15) is 25.8 Å². The highest BCUT2D eigenvalue weighted by atomic mass is 79.9. The number of piperazine rings is 1. The van der Waals surface area contributed by atoms with Gasteiger partial charge in [-0.15, -0.1) is 0 Å². The van der Waals surface area contributed by atoms with Gasteiger partial charge < -0.3 is 9.64 Å². The number of halogens is 1. The molecule has 0 spiro atoms. The van der Waals surface area contributed by atoms with Gasteiger partial charge in [0.2, 0.25) is 5.91 Å². The van der Waals surface area contributed by atoms with E-state index in [1.54, 1.807) is 7.11 Å². The molecular weight excluding hydrogens is 344 g/mol. The minimum atomic E-state index is 0.287. The predicted molar refractivity (Wildman–Crippen MR) is 92.0 cm³/mol. The SMILES string of the molecule is COc1ccc(Br)cc1CN1CCN(C(=O)CC(C)C)CC1. The van der Waals surface area contributed by atoms with Crippen molar-refractivity contribution in [2.75, 3.05) is 33.3 Å². The quantitative estimate of drug-likeness (QED) is 0.800. The van der Waals surface area contributed by atoms with Crippen LogP contribution in [0.3, 0.4) is 0 Å². The lowest BCUT2D eigenvalue weighted by atomic mass is 10.1. The Morgan fingerprint density at radius 3 is 2.55 bits per heavy atom. The van der Waals surface area contributed by atoms with E-state index in [2.05, 4.69) is 40.7 Å². The van der Waals surface area contributed by atoms with Gasteiger partial charge in [0, 0.05) is 49.2 Å². The van der Waals surface area contributed by atoms with Crippen molar-refractivity contribution in [3.63, 3.8) is 0 Å². The molecule has 0 bridgehead atoms. The molecule has 0 N–H and O–H groups in total. The van der Waals surface area contributed by atoms with Crippen LogP contribution in [-0.4, -0.2) is 49.0 Å². The second-order valence-electron chi connectivity index (χ2n) is 6.21. The topological polar surface area (TPSA) is 32.8 Å². The van der Waals surface area contributed by atoms with Crippen molar-refractivity contribution in [1.82, 2.24) is 9.80 Å². The summed E-state index contributed by atoms with van der Waals surface area (Å²) < 4.78 is 6.50. The zero-order chi connectivity index (χ0) is 16.1. The summed E-state index contributed by atoms with van der Waals surface area (Å²) in [5, 5.41) is 0. The van der Waals surface area contributed by atoms with E-state index in [4.69, 9.17) is 4.74 Å². The number of hydrogen-bond donors (Lipinski definition) is 0. The van der Waals surface area contributed by atoms with Gasteiger partial charge in [0.25, 0.3) is 0 Å². The average molecular weight is 369 g/mol. The molecule has 1 aromatic carbocycles. The minimum absolute atomic E-state index is 0.287. The van der Waals surface area contributed by atoms with Crippen LogP contribution in [0.15, 0.2) is 22.7 Å². The Labute approximate surface area is 141 Å². The molecule has 0 aromatic heterocycles. The molecule has 5 heteroatoms. The van der Waals surface area contributed by atoms with Gasteiger partial charge in [0.15, 0.2) is 0 Å². The van der Waals surface area contributed by atoms with Crippen LogP contribution in [0.4, 0.5) is 0 Å². The molecule has 1 fully saturated rings. The fraction of sp³-hybridized carbons (Fsp3) is 0.588. The standard InChI is InChI=1S/C17H25BrN2O2/c1-13(2)10-17(21)20-8-6-19(7-9-20)12-14-11-15(18)4-5-16(14)22-3/h4-5,11,13H,6-10,12H2,1-3H3. The Morgan fingerprint density at radius 1 is 1.27 bits per heavy atom. The summed E-state index contributed by atoms with van der Waals surface area (Å²) in [6.45, 7) is 8.51. The van der Waals surface area contributed by atoms with Gasteiger partial charge in [-0.25, -0.2) is 0 Å². The van der Waals surface area contributed by atoms with E-state index in [9.17, 15) is 4.79 Å². The van der Waals surface area contributed by atoms with Crippen LogP contribution in [0.25, 0.3) is 0 Å². The van der Waals surface area contributed by atoms with Gasteiger partial charge in [0.1, 0.15) is 5.75 Å². The van der Waals surface area contributed by atoms with Gasteiger partial charge >= 0.3 is 0 Å². The lowest BCUT2D eigenvalue weighted by molar-refractivity contribution is -0.133. The molecule has 1 heterocycles. The molecule has 2 rings (SSSR count). The van der Waals surface area contributed by atoms with Gasteiger partial charge in [-0.1, -0.05) is 29.8 Å². The van der Waals surface area contributed by atoms with Crippen molar-refractivity contribution in [3.05, 3.63) is 28.2 Å². The maximum atomic E-state index is 12.1. The second-order valence-corrected chi connectivity index (χ2v) is 7.13. The van der Waals surface area contributed by atoms with Gasteiger partial charge in [0.05, 0.1) is 7.11 Å². The lowest BCUT2D eigenvalue weighted by Gasteiger charge is -2.35. The second kappa shape index (κ2) is 7.97. The zero-order valence-electron chi connectivity index (χ0n) is 13.6. The molecule has 0 radical (unpaired) electrons. The Balaban J connectivity index is 1.90. The number of rotatable bonds is 5. The maximum absolute atomic E-state index is 12.1. The molecule has 22 heavy (non-hydrogen) atoms. The first kappa shape index (κ1) is 17.3. The Morgan fingerprint density at radius 2 is 1.95 bits per heavy atom. The van der Waals surface area contributed by atoms with Crippen molar-refractivity contribution in [2.45, 2.75) is 26.8 Å². The molecule has 1 aliphatic heterocycles. The van der Waals surface area contributed by atoms with E-state index in [1.807, 2.05) is 17.0 Å². The van der Waals surface area contributed by atoms with Crippen molar-refractivity contribution < 1.29 is 9.53 Å². The highest BCUT2D eigenvalue weighted by Crippen LogP contribution is 2.24. The Hall–Kier alpha value is -1.07. The number of carbonyl (C=O) groups is 1. The number of benzene rings is 1. The van der Waals surface area contributed by atoms with E-state index in [1.165, 1.54) is 5.56 Å².